The highest BCUT2D eigenvalue weighted by Gasteiger charge is 2.41. The zero-order valence-electron chi connectivity index (χ0n) is 22.3. The molecule has 0 fully saturated rings. The molecule has 1 atom stereocenters. The van der Waals surface area contributed by atoms with Crippen molar-refractivity contribution in [2.75, 3.05) is 0 Å². The summed E-state index contributed by atoms with van der Waals surface area (Å²) in [5.74, 6) is -4.62. The topological polar surface area (TPSA) is 158 Å². The van der Waals surface area contributed by atoms with Crippen LogP contribution in [0.5, 0.6) is 0 Å². The van der Waals surface area contributed by atoms with Crippen LogP contribution >= 0.6 is 0 Å². The molecule has 1 heterocycles. The molecule has 1 aliphatic carbocycles. The predicted octanol–water partition coefficient (Wildman–Crippen LogP) is 3.35. The average Bonchev–Trinajstić information content (AvgIpc) is 3.10. The number of fused-ring (bicyclic) bond motifs is 2. The molecule has 0 saturated carbocycles. The summed E-state index contributed by atoms with van der Waals surface area (Å²) in [6.07, 6.45) is -1.70. The molecule has 2 aliphatic rings. The van der Waals surface area contributed by atoms with Crippen LogP contribution in [0.4, 0.5) is 0 Å². The first-order valence-electron chi connectivity index (χ1n) is 12.6. The number of hydroxylamine groups is 2. The number of esters is 1. The van der Waals surface area contributed by atoms with E-state index in [4.69, 9.17) is 9.57 Å². The molecule has 2 amide bonds. The minimum absolute atomic E-state index is 0.00805. The number of nitrogens with zero attached hydrogens (tertiary/aromatic N) is 1. The Morgan fingerprint density at radius 2 is 1.32 bits per heavy atom. The standard InChI is InChI=1S/C28H27NO10S/c1-14(2)9-24(31)38-23-13-22(30)18-7-5-16(11-20(18)26(23)33)40(36,37)17-6-8-19-21(12-17)28(35)29(27(19)34)39-25(32)10-15(3)4/h5-8,11-12,14-15,23H,9-10,13H2,1-4H3. The number of carbonyl (C=O) groups is 6. The van der Waals surface area contributed by atoms with E-state index in [0.29, 0.717) is 5.06 Å². The fraction of sp³-hybridized carbons (Fsp3) is 0.357. The van der Waals surface area contributed by atoms with E-state index in [0.717, 1.165) is 30.3 Å². The third-order valence-electron chi connectivity index (χ3n) is 6.28. The minimum atomic E-state index is -4.35. The first-order valence-corrected chi connectivity index (χ1v) is 14.1. The molecule has 0 radical (unpaired) electrons. The number of ether oxygens (including phenoxy) is 1. The highest BCUT2D eigenvalue weighted by atomic mass is 32.2. The molecule has 0 spiro atoms. The van der Waals surface area contributed by atoms with Crippen molar-refractivity contribution in [2.24, 2.45) is 11.8 Å². The molecule has 0 saturated heterocycles. The Morgan fingerprint density at radius 1 is 0.800 bits per heavy atom. The van der Waals surface area contributed by atoms with Gasteiger partial charge in [-0.1, -0.05) is 32.8 Å². The number of carbonyl (C=O) groups excluding carboxylic acids is 6. The lowest BCUT2D eigenvalue weighted by atomic mass is 9.87. The summed E-state index contributed by atoms with van der Waals surface area (Å²) in [4.78, 5) is 79.5. The van der Waals surface area contributed by atoms with E-state index in [1.807, 2.05) is 0 Å². The Hall–Kier alpha value is -4.19. The van der Waals surface area contributed by atoms with E-state index in [1.165, 1.54) is 6.07 Å². The van der Waals surface area contributed by atoms with Crippen LogP contribution in [0.2, 0.25) is 0 Å². The summed E-state index contributed by atoms with van der Waals surface area (Å²) in [7, 11) is -4.35. The molecule has 0 N–H and O–H groups in total. The first-order chi connectivity index (χ1) is 18.7. The SMILES string of the molecule is CC(C)CC(=O)OC1CC(=O)c2ccc(S(=O)(=O)c3ccc4c(c3)C(=O)N(OC(=O)CC(C)C)C4=O)cc2C1=O. The van der Waals surface area contributed by atoms with Gasteiger partial charge in [-0.3, -0.25) is 24.0 Å². The van der Waals surface area contributed by atoms with Crippen molar-refractivity contribution in [2.45, 2.75) is 62.9 Å². The number of rotatable bonds is 8. The van der Waals surface area contributed by atoms with Crippen molar-refractivity contribution in [3.05, 3.63) is 58.7 Å². The molecule has 1 aliphatic heterocycles. The van der Waals surface area contributed by atoms with E-state index < -0.39 is 51.3 Å². The van der Waals surface area contributed by atoms with Gasteiger partial charge < -0.3 is 9.57 Å². The maximum atomic E-state index is 13.5. The van der Waals surface area contributed by atoms with Gasteiger partial charge in [0.25, 0.3) is 11.8 Å². The van der Waals surface area contributed by atoms with Crippen LogP contribution in [-0.2, 0) is 29.0 Å². The van der Waals surface area contributed by atoms with Crippen LogP contribution in [0.15, 0.2) is 46.2 Å². The third-order valence-corrected chi connectivity index (χ3v) is 8.03. The Balaban J connectivity index is 1.63. The monoisotopic (exact) mass is 569 g/mol. The normalized spacial score (nSPS) is 16.9. The van der Waals surface area contributed by atoms with Crippen LogP contribution in [-0.4, -0.2) is 54.9 Å². The quantitative estimate of drug-likeness (QED) is 0.341. The van der Waals surface area contributed by atoms with Gasteiger partial charge in [0.1, 0.15) is 0 Å². The van der Waals surface area contributed by atoms with Crippen LogP contribution in [0.25, 0.3) is 0 Å². The van der Waals surface area contributed by atoms with Gasteiger partial charge in [0.05, 0.1) is 33.8 Å². The molecule has 40 heavy (non-hydrogen) atoms. The molecule has 0 bridgehead atoms. The van der Waals surface area contributed by atoms with Crippen molar-refractivity contribution in [1.82, 2.24) is 5.06 Å². The van der Waals surface area contributed by atoms with Crippen LogP contribution in [0, 0.1) is 11.8 Å². The Bertz CT molecular complexity index is 1570. The smallest absolute Gasteiger partial charge is 0.333 e. The van der Waals surface area contributed by atoms with Gasteiger partial charge in [-0.25, -0.2) is 13.2 Å². The maximum Gasteiger partial charge on any atom is 0.333 e. The lowest BCUT2D eigenvalue weighted by Crippen LogP contribution is -2.35. The number of ketones is 2. The second-order valence-electron chi connectivity index (χ2n) is 10.5. The van der Waals surface area contributed by atoms with Gasteiger partial charge in [-0.15, -0.1) is 0 Å². The zero-order chi connectivity index (χ0) is 29.5. The highest BCUT2D eigenvalue weighted by molar-refractivity contribution is 7.91. The molecule has 1 unspecified atom stereocenters. The number of Topliss-reactive ketones (excluding diaryl/α,β-unsaturated/α-hetero) is 2. The van der Waals surface area contributed by atoms with Crippen LogP contribution in [0.1, 0.15) is 88.4 Å². The van der Waals surface area contributed by atoms with Crippen molar-refractivity contribution in [1.29, 1.82) is 0 Å². The molecule has 0 aromatic heterocycles. The van der Waals surface area contributed by atoms with E-state index in [1.54, 1.807) is 27.7 Å². The zero-order valence-corrected chi connectivity index (χ0v) is 23.1. The van der Waals surface area contributed by atoms with Crippen molar-refractivity contribution in [3.63, 3.8) is 0 Å². The van der Waals surface area contributed by atoms with Gasteiger partial charge >= 0.3 is 11.9 Å². The van der Waals surface area contributed by atoms with E-state index in [9.17, 15) is 37.2 Å². The van der Waals surface area contributed by atoms with Gasteiger partial charge in [-0.2, -0.15) is 0 Å². The third kappa shape index (κ3) is 5.44. The Kier molecular flexibility index (Phi) is 7.75. The lowest BCUT2D eigenvalue weighted by Gasteiger charge is -2.23. The summed E-state index contributed by atoms with van der Waals surface area (Å²) in [6.45, 7) is 7.09. The second-order valence-corrected chi connectivity index (χ2v) is 12.4. The molecular weight excluding hydrogens is 542 g/mol. The summed E-state index contributed by atoms with van der Waals surface area (Å²) < 4.78 is 32.2. The number of hydrogen-bond donors (Lipinski definition) is 0. The van der Waals surface area contributed by atoms with Gasteiger partial charge in [0, 0.05) is 17.5 Å². The Labute approximate surface area is 230 Å². The lowest BCUT2D eigenvalue weighted by molar-refractivity contribution is -0.169. The maximum absolute atomic E-state index is 13.5. The highest BCUT2D eigenvalue weighted by Crippen LogP contribution is 2.32. The largest absolute Gasteiger partial charge is 0.453 e. The fourth-order valence-electron chi connectivity index (χ4n) is 4.37. The van der Waals surface area contributed by atoms with Crippen LogP contribution in [0.3, 0.4) is 0 Å². The van der Waals surface area contributed by atoms with E-state index >= 15 is 0 Å². The molecule has 2 aromatic carbocycles. The summed E-state index contributed by atoms with van der Waals surface area (Å²) >= 11 is 0. The predicted molar refractivity (Wildman–Crippen MR) is 137 cm³/mol. The van der Waals surface area contributed by atoms with Crippen molar-refractivity contribution in [3.8, 4) is 0 Å². The molecule has 2 aromatic rings. The molecule has 11 nitrogen and oxygen atoms in total. The number of imide groups is 1. The van der Waals surface area contributed by atoms with Crippen molar-refractivity contribution < 1.29 is 46.8 Å². The molecule has 12 heteroatoms. The van der Waals surface area contributed by atoms with Gasteiger partial charge in [0.15, 0.2) is 11.9 Å². The average molecular weight is 570 g/mol. The van der Waals surface area contributed by atoms with Crippen molar-refractivity contribution >= 4 is 45.2 Å². The summed E-state index contributed by atoms with van der Waals surface area (Å²) in [6, 6.07) is 6.65. The minimum Gasteiger partial charge on any atom is -0.453 e. The van der Waals surface area contributed by atoms with Gasteiger partial charge in [-0.05, 0) is 48.2 Å². The number of amides is 2. The van der Waals surface area contributed by atoms with E-state index in [-0.39, 0.29) is 63.1 Å². The number of benzene rings is 2. The molecule has 4 rings (SSSR count). The van der Waals surface area contributed by atoms with Crippen LogP contribution < -0.4 is 0 Å². The first kappa shape index (κ1) is 28.8. The van der Waals surface area contributed by atoms with Gasteiger partial charge in [0.2, 0.25) is 15.6 Å². The van der Waals surface area contributed by atoms with E-state index in [2.05, 4.69) is 0 Å². The Morgan fingerprint density at radius 3 is 1.93 bits per heavy atom. The number of sulfone groups is 1. The fourth-order valence-corrected chi connectivity index (χ4v) is 5.69. The molecular formula is C28H27NO10S. The number of hydrogen-bond acceptors (Lipinski definition) is 10. The summed E-state index contributed by atoms with van der Waals surface area (Å²) in [5, 5.41) is 0.301. The molecule has 210 valence electrons. The summed E-state index contributed by atoms with van der Waals surface area (Å²) in [5.41, 5.74) is -0.604. The second kappa shape index (κ2) is 10.8.